The molecule has 21 heavy (non-hydrogen) atoms. The number of carboxylic acids is 1. The summed E-state index contributed by atoms with van der Waals surface area (Å²) in [5.41, 5.74) is 0.604. The average Bonchev–Trinajstić information content (AvgIpc) is 2.44. The lowest BCUT2D eigenvalue weighted by molar-refractivity contribution is -0.139. The van der Waals surface area contributed by atoms with Crippen molar-refractivity contribution >= 4 is 35.1 Å². The highest BCUT2D eigenvalue weighted by molar-refractivity contribution is 6.33. The molecule has 1 aromatic carbocycles. The number of aliphatic carboxylic acids is 1. The molecule has 1 heterocycles. The molecule has 2 N–H and O–H groups in total. The van der Waals surface area contributed by atoms with Gasteiger partial charge in [-0.25, -0.2) is 9.78 Å². The van der Waals surface area contributed by atoms with Crippen molar-refractivity contribution in [3.05, 3.63) is 63.9 Å². The fourth-order valence-corrected chi connectivity index (χ4v) is 2.20. The summed E-state index contributed by atoms with van der Waals surface area (Å²) in [7, 11) is 0. The summed E-state index contributed by atoms with van der Waals surface area (Å²) in [6.07, 6.45) is 0. The molecule has 0 bridgehead atoms. The molecule has 2 aromatic rings. The third-order valence-electron chi connectivity index (χ3n) is 2.68. The monoisotopic (exact) mass is 324 g/mol. The van der Waals surface area contributed by atoms with Crippen LogP contribution in [0.4, 0.5) is 0 Å². The number of pyridine rings is 1. The number of carbonyl (C=O) groups is 2. The van der Waals surface area contributed by atoms with Crippen molar-refractivity contribution in [3.8, 4) is 0 Å². The maximum Gasteiger partial charge on any atom is 0.330 e. The van der Waals surface area contributed by atoms with Gasteiger partial charge in [-0.05, 0) is 17.7 Å². The number of hydrogen-bond acceptors (Lipinski definition) is 3. The number of benzene rings is 1. The highest BCUT2D eigenvalue weighted by atomic mass is 35.5. The molecule has 1 atom stereocenters. The zero-order chi connectivity index (χ0) is 15.4. The van der Waals surface area contributed by atoms with Gasteiger partial charge in [0.2, 0.25) is 0 Å². The average molecular weight is 325 g/mol. The largest absolute Gasteiger partial charge is 0.479 e. The Hall–Kier alpha value is -2.11. The molecule has 7 heteroatoms. The summed E-state index contributed by atoms with van der Waals surface area (Å²) >= 11 is 11.4. The molecule has 1 aromatic heterocycles. The number of aromatic nitrogens is 1. The molecular formula is C14H10Cl2N2O3. The second-order valence-electron chi connectivity index (χ2n) is 4.16. The van der Waals surface area contributed by atoms with E-state index in [-0.39, 0.29) is 15.9 Å². The van der Waals surface area contributed by atoms with E-state index >= 15 is 0 Å². The van der Waals surface area contributed by atoms with Crippen molar-refractivity contribution in [2.75, 3.05) is 0 Å². The number of carbonyl (C=O) groups excluding carboxylic acids is 1. The van der Waals surface area contributed by atoms with Crippen LogP contribution in [0.25, 0.3) is 0 Å². The van der Waals surface area contributed by atoms with Gasteiger partial charge in [0.15, 0.2) is 6.04 Å². The van der Waals surface area contributed by atoms with Gasteiger partial charge in [0, 0.05) is 5.56 Å². The van der Waals surface area contributed by atoms with Gasteiger partial charge in [-0.15, -0.1) is 0 Å². The molecule has 0 radical (unpaired) electrons. The van der Waals surface area contributed by atoms with Crippen LogP contribution in [0.2, 0.25) is 10.3 Å². The molecule has 0 aliphatic rings. The summed E-state index contributed by atoms with van der Waals surface area (Å²) in [4.78, 5) is 27.2. The Kier molecular flexibility index (Phi) is 4.77. The van der Waals surface area contributed by atoms with E-state index in [1.165, 1.54) is 12.1 Å². The summed E-state index contributed by atoms with van der Waals surface area (Å²) in [6, 6.07) is 9.84. The molecule has 0 aliphatic carbocycles. The molecular weight excluding hydrogens is 315 g/mol. The summed E-state index contributed by atoms with van der Waals surface area (Å²) < 4.78 is 0. The van der Waals surface area contributed by atoms with Gasteiger partial charge < -0.3 is 10.4 Å². The highest BCUT2D eigenvalue weighted by Gasteiger charge is 2.22. The number of nitrogens with one attached hydrogen (secondary N) is 1. The van der Waals surface area contributed by atoms with Crippen LogP contribution in [-0.2, 0) is 4.79 Å². The smallest absolute Gasteiger partial charge is 0.330 e. The van der Waals surface area contributed by atoms with E-state index in [1.54, 1.807) is 30.3 Å². The molecule has 1 amide bonds. The normalized spacial score (nSPS) is 11.7. The van der Waals surface area contributed by atoms with E-state index in [2.05, 4.69) is 10.3 Å². The first kappa shape index (κ1) is 15.3. The van der Waals surface area contributed by atoms with E-state index in [0.29, 0.717) is 5.56 Å². The summed E-state index contributed by atoms with van der Waals surface area (Å²) in [5.74, 6) is -1.77. The van der Waals surface area contributed by atoms with E-state index in [4.69, 9.17) is 23.2 Å². The van der Waals surface area contributed by atoms with Crippen molar-refractivity contribution in [2.45, 2.75) is 6.04 Å². The highest BCUT2D eigenvalue weighted by Crippen LogP contribution is 2.17. The number of amides is 1. The van der Waals surface area contributed by atoms with Crippen LogP contribution in [0.3, 0.4) is 0 Å². The van der Waals surface area contributed by atoms with Gasteiger partial charge in [-0.1, -0.05) is 53.5 Å². The third-order valence-corrected chi connectivity index (χ3v) is 3.07. The van der Waals surface area contributed by atoms with Crippen molar-refractivity contribution in [1.82, 2.24) is 10.3 Å². The first-order valence-corrected chi connectivity index (χ1v) is 6.64. The number of hydrogen-bond donors (Lipinski definition) is 2. The van der Waals surface area contributed by atoms with Crippen LogP contribution in [-0.4, -0.2) is 22.0 Å². The van der Waals surface area contributed by atoms with Crippen molar-refractivity contribution in [3.63, 3.8) is 0 Å². The second-order valence-corrected chi connectivity index (χ2v) is 4.93. The zero-order valence-electron chi connectivity index (χ0n) is 10.6. The SMILES string of the molecule is O=C(N[C@@H](C(=O)O)c1ccccc1)c1cc(Cl)nc(Cl)c1. The van der Waals surface area contributed by atoms with E-state index in [1.807, 2.05) is 0 Å². The quantitative estimate of drug-likeness (QED) is 0.847. The van der Waals surface area contributed by atoms with Gasteiger partial charge in [0.1, 0.15) is 10.3 Å². The predicted octanol–water partition coefficient (Wildman–Crippen LogP) is 2.94. The minimum absolute atomic E-state index is 0.0548. The van der Waals surface area contributed by atoms with Gasteiger partial charge >= 0.3 is 5.97 Å². The van der Waals surface area contributed by atoms with E-state index in [9.17, 15) is 14.7 Å². The molecule has 0 spiro atoms. The van der Waals surface area contributed by atoms with Crippen molar-refractivity contribution in [2.24, 2.45) is 0 Å². The van der Waals surface area contributed by atoms with Gasteiger partial charge in [-0.3, -0.25) is 4.79 Å². The Morgan fingerprint density at radius 1 is 1.10 bits per heavy atom. The standard InChI is InChI=1S/C14H10Cl2N2O3/c15-10-6-9(7-11(16)17-10)13(19)18-12(14(20)21)8-4-2-1-3-5-8/h1-7,12H,(H,18,19)(H,20,21)/t12-/m1/s1. The lowest BCUT2D eigenvalue weighted by Crippen LogP contribution is -2.33. The fraction of sp³-hybridized carbons (Fsp3) is 0.0714. The van der Waals surface area contributed by atoms with Gasteiger partial charge in [0.25, 0.3) is 5.91 Å². The molecule has 0 unspecified atom stereocenters. The number of halogens is 2. The Balaban J connectivity index is 2.25. The fourth-order valence-electron chi connectivity index (χ4n) is 1.74. The van der Waals surface area contributed by atoms with Crippen molar-refractivity contribution in [1.29, 1.82) is 0 Å². The number of rotatable bonds is 4. The number of nitrogens with zero attached hydrogens (tertiary/aromatic N) is 1. The molecule has 0 fully saturated rings. The van der Waals surface area contributed by atoms with Crippen molar-refractivity contribution < 1.29 is 14.7 Å². The van der Waals surface area contributed by atoms with Gasteiger partial charge in [-0.2, -0.15) is 0 Å². The van der Waals surface area contributed by atoms with Crippen LogP contribution in [0.1, 0.15) is 22.0 Å². The van der Waals surface area contributed by atoms with Crippen LogP contribution in [0, 0.1) is 0 Å². The maximum atomic E-state index is 12.1. The Morgan fingerprint density at radius 3 is 2.19 bits per heavy atom. The lowest BCUT2D eigenvalue weighted by Gasteiger charge is -2.15. The minimum Gasteiger partial charge on any atom is -0.479 e. The molecule has 108 valence electrons. The molecule has 2 rings (SSSR count). The second kappa shape index (κ2) is 6.56. The summed E-state index contributed by atoms with van der Waals surface area (Å²) in [5, 5.41) is 11.8. The summed E-state index contributed by atoms with van der Waals surface area (Å²) in [6.45, 7) is 0. The first-order chi connectivity index (χ1) is 9.97. The first-order valence-electron chi connectivity index (χ1n) is 5.89. The van der Waals surface area contributed by atoms with E-state index in [0.717, 1.165) is 0 Å². The van der Waals surface area contributed by atoms with Crippen LogP contribution in [0.15, 0.2) is 42.5 Å². The molecule has 0 saturated heterocycles. The molecule has 0 saturated carbocycles. The number of carboxylic acid groups (broad SMARTS) is 1. The third kappa shape index (κ3) is 3.93. The Bertz CT molecular complexity index is 657. The lowest BCUT2D eigenvalue weighted by atomic mass is 10.1. The Morgan fingerprint density at radius 2 is 1.67 bits per heavy atom. The van der Waals surface area contributed by atoms with Crippen LogP contribution in [0.5, 0.6) is 0 Å². The van der Waals surface area contributed by atoms with Crippen LogP contribution < -0.4 is 5.32 Å². The Labute approximate surface area is 130 Å². The van der Waals surface area contributed by atoms with E-state index < -0.39 is 17.9 Å². The topological polar surface area (TPSA) is 79.3 Å². The molecule has 0 aliphatic heterocycles. The predicted molar refractivity (Wildman–Crippen MR) is 78.5 cm³/mol. The minimum atomic E-state index is -1.17. The van der Waals surface area contributed by atoms with Gasteiger partial charge in [0.05, 0.1) is 0 Å². The molecule has 5 nitrogen and oxygen atoms in total. The zero-order valence-corrected chi connectivity index (χ0v) is 12.1. The van der Waals surface area contributed by atoms with Crippen LogP contribution >= 0.6 is 23.2 Å². The maximum absolute atomic E-state index is 12.1.